The Balaban J connectivity index is 2.12. The van der Waals surface area contributed by atoms with Gasteiger partial charge in [0.15, 0.2) is 5.65 Å². The van der Waals surface area contributed by atoms with Gasteiger partial charge in [-0.25, -0.2) is 4.98 Å². The molecule has 1 aliphatic rings. The van der Waals surface area contributed by atoms with Gasteiger partial charge in [0.25, 0.3) is 0 Å². The van der Waals surface area contributed by atoms with Crippen LogP contribution < -0.4 is 0 Å². The van der Waals surface area contributed by atoms with E-state index >= 15 is 0 Å². The van der Waals surface area contributed by atoms with Crippen LogP contribution in [0.1, 0.15) is 30.9 Å². The monoisotopic (exact) mass is 266 g/mol. The lowest BCUT2D eigenvalue weighted by molar-refractivity contribution is 0.0449. The summed E-state index contributed by atoms with van der Waals surface area (Å²) < 4.78 is 7.48. The van der Waals surface area contributed by atoms with Gasteiger partial charge in [0.05, 0.1) is 0 Å². The second kappa shape index (κ2) is 4.48. The molecule has 0 aromatic carbocycles. The highest BCUT2D eigenvalue weighted by Crippen LogP contribution is 2.31. The van der Waals surface area contributed by atoms with Gasteiger partial charge in [0.1, 0.15) is 16.8 Å². The van der Waals surface area contributed by atoms with E-state index in [0.717, 1.165) is 36.9 Å². The molecule has 0 N–H and O–H groups in total. The van der Waals surface area contributed by atoms with E-state index in [1.165, 1.54) is 0 Å². The average Bonchev–Trinajstić information content (AvgIpc) is 2.73. The number of aryl methyl sites for hydroxylation is 1. The van der Waals surface area contributed by atoms with Crippen LogP contribution in [0.2, 0.25) is 5.15 Å². The Morgan fingerprint density at radius 2 is 2.28 bits per heavy atom. The molecule has 2 aromatic rings. The van der Waals surface area contributed by atoms with E-state index in [-0.39, 0.29) is 0 Å². The van der Waals surface area contributed by atoms with Crippen molar-refractivity contribution >= 4 is 17.2 Å². The van der Waals surface area contributed by atoms with Crippen LogP contribution in [0.25, 0.3) is 5.65 Å². The zero-order valence-electron chi connectivity index (χ0n) is 10.4. The van der Waals surface area contributed by atoms with Crippen molar-refractivity contribution in [1.82, 2.24) is 19.6 Å². The molecule has 2 aromatic heterocycles. The van der Waals surface area contributed by atoms with Crippen molar-refractivity contribution in [1.29, 1.82) is 0 Å². The van der Waals surface area contributed by atoms with E-state index in [9.17, 15) is 0 Å². The maximum absolute atomic E-state index is 5.94. The fourth-order valence-corrected chi connectivity index (χ4v) is 2.80. The standard InChI is InChI=1S/C12H15ClN4O/c1-7-6-18-4-3-9(7)12-16-15-11-5-10(13)14-8(2)17(11)12/h5,7,9H,3-4,6H2,1-2H3. The summed E-state index contributed by atoms with van der Waals surface area (Å²) in [6.45, 7) is 5.67. The molecule has 96 valence electrons. The second-order valence-electron chi connectivity index (χ2n) is 4.83. The molecule has 1 saturated heterocycles. The number of halogens is 1. The highest BCUT2D eigenvalue weighted by Gasteiger charge is 2.28. The van der Waals surface area contributed by atoms with E-state index in [1.807, 2.05) is 11.3 Å². The quantitative estimate of drug-likeness (QED) is 0.743. The third kappa shape index (κ3) is 1.87. The molecule has 0 aliphatic carbocycles. The first-order chi connectivity index (χ1) is 8.66. The van der Waals surface area contributed by atoms with Crippen LogP contribution in [0.3, 0.4) is 0 Å². The number of nitrogens with zero attached hydrogens (tertiary/aromatic N) is 4. The Morgan fingerprint density at radius 3 is 3.06 bits per heavy atom. The summed E-state index contributed by atoms with van der Waals surface area (Å²) in [7, 11) is 0. The van der Waals surface area contributed by atoms with E-state index < -0.39 is 0 Å². The molecule has 0 spiro atoms. The fourth-order valence-electron chi connectivity index (χ4n) is 2.58. The first-order valence-electron chi connectivity index (χ1n) is 6.12. The molecule has 0 saturated carbocycles. The molecule has 0 bridgehead atoms. The van der Waals surface area contributed by atoms with Crippen LogP contribution in [-0.2, 0) is 4.74 Å². The van der Waals surface area contributed by atoms with E-state index in [1.54, 1.807) is 6.07 Å². The summed E-state index contributed by atoms with van der Waals surface area (Å²) in [5, 5.41) is 8.99. The number of fused-ring (bicyclic) bond motifs is 1. The summed E-state index contributed by atoms with van der Waals surface area (Å²) in [6.07, 6.45) is 0.976. The third-order valence-electron chi connectivity index (χ3n) is 3.53. The Kier molecular flexibility index (Phi) is 2.95. The Bertz CT molecular complexity index is 583. The number of hydrogen-bond acceptors (Lipinski definition) is 4. The molecule has 0 radical (unpaired) electrons. The van der Waals surface area contributed by atoms with Gasteiger partial charge in [-0.1, -0.05) is 18.5 Å². The first-order valence-corrected chi connectivity index (χ1v) is 6.50. The molecule has 2 unspecified atom stereocenters. The lowest BCUT2D eigenvalue weighted by Gasteiger charge is -2.27. The normalized spacial score (nSPS) is 24.6. The minimum Gasteiger partial charge on any atom is -0.381 e. The van der Waals surface area contributed by atoms with Gasteiger partial charge >= 0.3 is 0 Å². The minimum absolute atomic E-state index is 0.371. The van der Waals surface area contributed by atoms with Crippen LogP contribution in [0.4, 0.5) is 0 Å². The van der Waals surface area contributed by atoms with Crippen molar-refractivity contribution in [3.05, 3.63) is 22.9 Å². The predicted molar refractivity (Wildman–Crippen MR) is 67.9 cm³/mol. The van der Waals surface area contributed by atoms with E-state index in [2.05, 4.69) is 22.1 Å². The van der Waals surface area contributed by atoms with Gasteiger partial charge < -0.3 is 4.74 Å². The van der Waals surface area contributed by atoms with Crippen molar-refractivity contribution in [3.63, 3.8) is 0 Å². The third-order valence-corrected chi connectivity index (χ3v) is 3.72. The van der Waals surface area contributed by atoms with Gasteiger partial charge in [0, 0.05) is 25.2 Å². The molecular formula is C12H15ClN4O. The average molecular weight is 267 g/mol. The zero-order chi connectivity index (χ0) is 12.7. The van der Waals surface area contributed by atoms with Crippen LogP contribution >= 0.6 is 11.6 Å². The van der Waals surface area contributed by atoms with Crippen LogP contribution in [0.5, 0.6) is 0 Å². The Labute approximate surface area is 110 Å². The highest BCUT2D eigenvalue weighted by atomic mass is 35.5. The Hall–Kier alpha value is -1.20. The van der Waals surface area contributed by atoms with Crippen LogP contribution in [0.15, 0.2) is 6.07 Å². The van der Waals surface area contributed by atoms with Crippen LogP contribution in [-0.4, -0.2) is 32.8 Å². The van der Waals surface area contributed by atoms with Gasteiger partial charge in [0.2, 0.25) is 0 Å². The molecule has 0 amide bonds. The summed E-state index contributed by atoms with van der Waals surface area (Å²) in [5.74, 6) is 2.62. The van der Waals surface area contributed by atoms with Crippen molar-refractivity contribution in [2.24, 2.45) is 5.92 Å². The van der Waals surface area contributed by atoms with E-state index in [0.29, 0.717) is 17.0 Å². The highest BCUT2D eigenvalue weighted by molar-refractivity contribution is 6.29. The van der Waals surface area contributed by atoms with Gasteiger partial charge in [-0.15, -0.1) is 10.2 Å². The molecule has 18 heavy (non-hydrogen) atoms. The molecule has 6 heteroatoms. The zero-order valence-corrected chi connectivity index (χ0v) is 11.2. The summed E-state index contributed by atoms with van der Waals surface area (Å²) in [5.41, 5.74) is 0.765. The topological polar surface area (TPSA) is 52.3 Å². The van der Waals surface area contributed by atoms with Gasteiger partial charge in [-0.2, -0.15) is 0 Å². The first kappa shape index (κ1) is 11.9. The summed E-state index contributed by atoms with van der Waals surface area (Å²) >= 11 is 5.94. The molecule has 1 fully saturated rings. The van der Waals surface area contributed by atoms with Crippen molar-refractivity contribution in [3.8, 4) is 0 Å². The van der Waals surface area contributed by atoms with E-state index in [4.69, 9.17) is 16.3 Å². The molecule has 3 rings (SSSR count). The second-order valence-corrected chi connectivity index (χ2v) is 5.21. The number of aromatic nitrogens is 4. The van der Waals surface area contributed by atoms with Gasteiger partial charge in [-0.3, -0.25) is 4.40 Å². The van der Waals surface area contributed by atoms with Crippen molar-refractivity contribution < 1.29 is 4.74 Å². The largest absolute Gasteiger partial charge is 0.381 e. The lowest BCUT2D eigenvalue weighted by atomic mass is 9.89. The maximum Gasteiger partial charge on any atom is 0.165 e. The smallest absolute Gasteiger partial charge is 0.165 e. The fraction of sp³-hybridized carbons (Fsp3) is 0.583. The van der Waals surface area contributed by atoms with Crippen molar-refractivity contribution in [2.75, 3.05) is 13.2 Å². The van der Waals surface area contributed by atoms with Crippen LogP contribution in [0, 0.1) is 12.8 Å². The molecule has 2 atom stereocenters. The molecule has 5 nitrogen and oxygen atoms in total. The summed E-state index contributed by atoms with van der Waals surface area (Å²) in [6, 6.07) is 1.75. The molecule has 3 heterocycles. The molecular weight excluding hydrogens is 252 g/mol. The minimum atomic E-state index is 0.371. The molecule has 1 aliphatic heterocycles. The number of hydrogen-bond donors (Lipinski definition) is 0. The van der Waals surface area contributed by atoms with Gasteiger partial charge in [-0.05, 0) is 19.3 Å². The lowest BCUT2D eigenvalue weighted by Crippen LogP contribution is -2.25. The maximum atomic E-state index is 5.94. The predicted octanol–water partition coefficient (Wildman–Crippen LogP) is 2.23. The Morgan fingerprint density at radius 1 is 1.44 bits per heavy atom. The van der Waals surface area contributed by atoms with Crippen molar-refractivity contribution in [2.45, 2.75) is 26.2 Å². The SMILES string of the molecule is Cc1nc(Cl)cc2nnc(C3CCOCC3C)n12. The number of rotatable bonds is 1. The number of ether oxygens (including phenoxy) is 1. The summed E-state index contributed by atoms with van der Waals surface area (Å²) in [4.78, 5) is 4.27.